The van der Waals surface area contributed by atoms with E-state index in [1.807, 2.05) is 36.4 Å². The highest BCUT2D eigenvalue weighted by Crippen LogP contribution is 2.24. The molecule has 0 N–H and O–H groups in total. The van der Waals surface area contributed by atoms with E-state index < -0.39 is 9.84 Å². The van der Waals surface area contributed by atoms with Crippen LogP contribution in [-0.4, -0.2) is 33.0 Å². The molecule has 1 unspecified atom stereocenters. The number of hydrogen-bond donors (Lipinski definition) is 0. The molecule has 1 aliphatic rings. The van der Waals surface area contributed by atoms with Gasteiger partial charge in [-0.25, -0.2) is 8.42 Å². The van der Waals surface area contributed by atoms with Gasteiger partial charge in [-0.2, -0.15) is 0 Å². The highest BCUT2D eigenvalue weighted by Gasteiger charge is 2.22. The lowest BCUT2D eigenvalue weighted by atomic mass is 10.1. The van der Waals surface area contributed by atoms with Crippen LogP contribution in [0.2, 0.25) is 0 Å². The van der Waals surface area contributed by atoms with E-state index in [2.05, 4.69) is 17.0 Å². The Morgan fingerprint density at radius 1 is 0.821 bits per heavy atom. The van der Waals surface area contributed by atoms with E-state index in [4.69, 9.17) is 4.74 Å². The van der Waals surface area contributed by atoms with Crippen LogP contribution in [0.25, 0.3) is 0 Å². The first-order valence-electron chi connectivity index (χ1n) is 9.41. The second-order valence-electron chi connectivity index (χ2n) is 6.97. The van der Waals surface area contributed by atoms with Gasteiger partial charge in [-0.15, -0.1) is 0 Å². The molecule has 1 heterocycles. The lowest BCUT2D eigenvalue weighted by Gasteiger charge is -2.33. The van der Waals surface area contributed by atoms with Crippen LogP contribution in [0.5, 0.6) is 0 Å². The molecule has 0 radical (unpaired) electrons. The Kier molecular flexibility index (Phi) is 5.57. The first kappa shape index (κ1) is 18.9. The van der Waals surface area contributed by atoms with Crippen molar-refractivity contribution in [2.75, 3.05) is 19.7 Å². The number of hydrogen-bond acceptors (Lipinski definition) is 4. The van der Waals surface area contributed by atoms with Crippen molar-refractivity contribution < 1.29 is 13.2 Å². The predicted octanol–water partition coefficient (Wildman–Crippen LogP) is 4.09. The van der Waals surface area contributed by atoms with Gasteiger partial charge in [0.2, 0.25) is 9.84 Å². The summed E-state index contributed by atoms with van der Waals surface area (Å²) in [6, 6.07) is 26.0. The maximum atomic E-state index is 12.7. The second-order valence-corrected chi connectivity index (χ2v) is 8.92. The van der Waals surface area contributed by atoms with E-state index >= 15 is 0 Å². The van der Waals surface area contributed by atoms with Gasteiger partial charge in [0.1, 0.15) is 0 Å². The molecule has 3 aromatic rings. The lowest BCUT2D eigenvalue weighted by molar-refractivity contribution is -0.0329. The van der Waals surface area contributed by atoms with Gasteiger partial charge in [0, 0.05) is 19.6 Å². The molecule has 144 valence electrons. The molecule has 1 aliphatic heterocycles. The quantitative estimate of drug-likeness (QED) is 0.655. The number of sulfone groups is 1. The molecule has 4 nitrogen and oxygen atoms in total. The monoisotopic (exact) mass is 393 g/mol. The molecule has 0 aliphatic carbocycles. The Hall–Kier alpha value is -2.47. The van der Waals surface area contributed by atoms with Crippen LogP contribution < -0.4 is 0 Å². The van der Waals surface area contributed by atoms with Crippen molar-refractivity contribution in [1.29, 1.82) is 0 Å². The summed E-state index contributed by atoms with van der Waals surface area (Å²) >= 11 is 0. The van der Waals surface area contributed by atoms with Crippen LogP contribution >= 0.6 is 0 Å². The smallest absolute Gasteiger partial charge is 0.206 e. The van der Waals surface area contributed by atoms with Crippen LogP contribution in [0.3, 0.4) is 0 Å². The van der Waals surface area contributed by atoms with Crippen LogP contribution in [0, 0.1) is 0 Å². The van der Waals surface area contributed by atoms with Crippen LogP contribution in [0.1, 0.15) is 17.2 Å². The van der Waals surface area contributed by atoms with E-state index in [9.17, 15) is 8.42 Å². The minimum Gasteiger partial charge on any atom is -0.371 e. The maximum absolute atomic E-state index is 12.7. The van der Waals surface area contributed by atoms with E-state index in [1.165, 1.54) is 5.56 Å². The van der Waals surface area contributed by atoms with Gasteiger partial charge in [-0.3, -0.25) is 4.90 Å². The van der Waals surface area contributed by atoms with Crippen LogP contribution in [0.4, 0.5) is 0 Å². The highest BCUT2D eigenvalue weighted by atomic mass is 32.2. The third-order valence-electron chi connectivity index (χ3n) is 5.02. The van der Waals surface area contributed by atoms with Gasteiger partial charge in [0.15, 0.2) is 0 Å². The summed E-state index contributed by atoms with van der Waals surface area (Å²) in [4.78, 5) is 3.00. The summed E-state index contributed by atoms with van der Waals surface area (Å²) in [6.07, 6.45) is 0.0766. The minimum absolute atomic E-state index is 0.0766. The lowest BCUT2D eigenvalue weighted by Crippen LogP contribution is -2.37. The van der Waals surface area contributed by atoms with Gasteiger partial charge in [0.25, 0.3) is 0 Å². The maximum Gasteiger partial charge on any atom is 0.206 e. The Morgan fingerprint density at radius 2 is 1.43 bits per heavy atom. The SMILES string of the molecule is O=S(=O)(c1ccccc1)c1ccc(CN2CCOC(c3ccccc3)C2)cc1. The molecule has 1 atom stereocenters. The van der Waals surface area contributed by atoms with E-state index in [0.29, 0.717) is 16.4 Å². The van der Waals surface area contributed by atoms with Gasteiger partial charge >= 0.3 is 0 Å². The zero-order valence-electron chi connectivity index (χ0n) is 15.6. The van der Waals surface area contributed by atoms with Crippen molar-refractivity contribution in [3.05, 3.63) is 96.1 Å². The fraction of sp³-hybridized carbons (Fsp3) is 0.217. The third kappa shape index (κ3) is 4.17. The van der Waals surface area contributed by atoms with Crippen molar-refractivity contribution >= 4 is 9.84 Å². The molecule has 0 amide bonds. The zero-order chi connectivity index (χ0) is 19.4. The zero-order valence-corrected chi connectivity index (χ0v) is 16.4. The van der Waals surface area contributed by atoms with E-state index in [0.717, 1.165) is 25.2 Å². The number of nitrogens with zero attached hydrogens (tertiary/aromatic N) is 1. The molecule has 0 saturated carbocycles. The van der Waals surface area contributed by atoms with Crippen molar-refractivity contribution in [2.45, 2.75) is 22.4 Å². The number of morpholine rings is 1. The summed E-state index contributed by atoms with van der Waals surface area (Å²) in [5, 5.41) is 0. The summed E-state index contributed by atoms with van der Waals surface area (Å²) in [5.41, 5.74) is 2.29. The van der Waals surface area contributed by atoms with Crippen LogP contribution in [-0.2, 0) is 21.1 Å². The fourth-order valence-corrected chi connectivity index (χ4v) is 4.77. The number of ether oxygens (including phenoxy) is 1. The van der Waals surface area contributed by atoms with E-state index in [-0.39, 0.29) is 6.10 Å². The summed E-state index contributed by atoms with van der Waals surface area (Å²) < 4.78 is 31.3. The summed E-state index contributed by atoms with van der Waals surface area (Å²) in [5.74, 6) is 0. The molecule has 5 heteroatoms. The molecule has 3 aromatic carbocycles. The van der Waals surface area contributed by atoms with Gasteiger partial charge in [-0.05, 0) is 35.4 Å². The van der Waals surface area contributed by atoms with Gasteiger partial charge < -0.3 is 4.74 Å². The first-order valence-corrected chi connectivity index (χ1v) is 10.9. The molecule has 1 fully saturated rings. The molecule has 0 bridgehead atoms. The first-order chi connectivity index (χ1) is 13.6. The summed E-state index contributed by atoms with van der Waals surface area (Å²) in [6.45, 7) is 3.17. The average molecular weight is 394 g/mol. The Morgan fingerprint density at radius 3 is 2.11 bits per heavy atom. The molecule has 0 aromatic heterocycles. The van der Waals surface area contributed by atoms with Crippen molar-refractivity contribution in [3.63, 3.8) is 0 Å². The van der Waals surface area contributed by atoms with Crippen molar-refractivity contribution in [3.8, 4) is 0 Å². The normalized spacial score (nSPS) is 18.1. The largest absolute Gasteiger partial charge is 0.371 e. The molecular formula is C23H23NO3S. The van der Waals surface area contributed by atoms with Gasteiger partial charge in [-0.1, -0.05) is 60.7 Å². The van der Waals surface area contributed by atoms with Crippen molar-refractivity contribution in [1.82, 2.24) is 4.90 Å². The topological polar surface area (TPSA) is 46.6 Å². The molecule has 4 rings (SSSR count). The second kappa shape index (κ2) is 8.27. The number of rotatable bonds is 5. The standard InChI is InChI=1S/C23H23NO3S/c25-28(26,21-9-5-2-6-10-21)22-13-11-19(12-14-22)17-24-15-16-27-23(18-24)20-7-3-1-4-8-20/h1-14,23H,15-18H2. The predicted molar refractivity (Wildman–Crippen MR) is 109 cm³/mol. The van der Waals surface area contributed by atoms with Crippen LogP contribution in [0.15, 0.2) is 94.7 Å². The molecule has 0 spiro atoms. The van der Waals surface area contributed by atoms with E-state index in [1.54, 1.807) is 36.4 Å². The van der Waals surface area contributed by atoms with Gasteiger partial charge in [0.05, 0.1) is 22.5 Å². The summed E-state index contributed by atoms with van der Waals surface area (Å²) in [7, 11) is -3.47. The van der Waals surface area contributed by atoms with Crippen molar-refractivity contribution in [2.24, 2.45) is 0 Å². The molecular weight excluding hydrogens is 370 g/mol. The number of benzene rings is 3. The Balaban J connectivity index is 1.45. The Bertz CT molecular complexity index is 1000. The molecule has 28 heavy (non-hydrogen) atoms. The molecule has 1 saturated heterocycles. The Labute approximate surface area is 166 Å². The third-order valence-corrected chi connectivity index (χ3v) is 6.80. The highest BCUT2D eigenvalue weighted by molar-refractivity contribution is 7.91. The average Bonchev–Trinajstić information content (AvgIpc) is 2.76. The fourth-order valence-electron chi connectivity index (χ4n) is 3.48. The minimum atomic E-state index is -3.47.